The van der Waals surface area contributed by atoms with Crippen LogP contribution >= 0.6 is 43.5 Å². The predicted molar refractivity (Wildman–Crippen MR) is 123 cm³/mol. The van der Waals surface area contributed by atoms with Gasteiger partial charge < -0.3 is 5.11 Å². The molecule has 4 nitrogen and oxygen atoms in total. The maximum Gasteiger partial charge on any atom is 0.332 e. The minimum atomic E-state index is -1.61. The van der Waals surface area contributed by atoms with Gasteiger partial charge in [0.05, 0.1) is 6.04 Å². The maximum atomic E-state index is 13.6. The predicted octanol–water partition coefficient (Wildman–Crippen LogP) is 6.55. The number of hydrogen-bond acceptors (Lipinski definition) is 2. The molecular weight excluding hydrogens is 520 g/mol. The number of aliphatic hydroxyl groups is 1. The molecular formula is C22H17Br2ClN2O2. The van der Waals surface area contributed by atoms with Gasteiger partial charge in [-0.2, -0.15) is 0 Å². The summed E-state index contributed by atoms with van der Waals surface area (Å²) >= 11 is 13.1. The first-order valence-corrected chi connectivity index (χ1v) is 10.9. The van der Waals surface area contributed by atoms with E-state index in [1.54, 1.807) is 41.3 Å². The molecule has 1 heterocycles. The highest BCUT2D eigenvalue weighted by atomic mass is 79.9. The summed E-state index contributed by atoms with van der Waals surface area (Å²) in [6, 6.07) is 20.8. The summed E-state index contributed by atoms with van der Waals surface area (Å²) in [5.41, 5.74) is 0.231. The van der Waals surface area contributed by atoms with Gasteiger partial charge in [-0.15, -0.1) is 0 Å². The van der Waals surface area contributed by atoms with Gasteiger partial charge in [-0.3, -0.25) is 9.80 Å². The van der Waals surface area contributed by atoms with E-state index in [0.717, 1.165) is 8.95 Å². The highest BCUT2D eigenvalue weighted by Gasteiger charge is 2.56. The fourth-order valence-corrected chi connectivity index (χ4v) is 4.43. The summed E-state index contributed by atoms with van der Waals surface area (Å²) in [5, 5.41) is 12.5. The summed E-state index contributed by atoms with van der Waals surface area (Å²) in [6.45, 7) is 1.83. The topological polar surface area (TPSA) is 43.8 Å². The highest BCUT2D eigenvalue weighted by molar-refractivity contribution is 9.10. The first-order valence-electron chi connectivity index (χ1n) is 8.95. The van der Waals surface area contributed by atoms with Gasteiger partial charge in [-0.05, 0) is 67.6 Å². The van der Waals surface area contributed by atoms with E-state index in [4.69, 9.17) is 11.6 Å². The fourth-order valence-electron chi connectivity index (χ4n) is 3.71. The number of carbonyl (C=O) groups is 1. The van der Waals surface area contributed by atoms with Gasteiger partial charge in [0.2, 0.25) is 0 Å². The van der Waals surface area contributed by atoms with E-state index in [0.29, 0.717) is 22.0 Å². The van der Waals surface area contributed by atoms with Crippen LogP contribution in [0.3, 0.4) is 0 Å². The van der Waals surface area contributed by atoms with Crippen LogP contribution in [-0.4, -0.2) is 17.2 Å². The maximum absolute atomic E-state index is 13.6. The molecule has 2 amide bonds. The number of urea groups is 1. The SMILES string of the molecule is C[C@H]1N(c2ccc(Br)cc2)C(=O)N(c2ccc(Br)cc2)C1(O)c1cccc(Cl)c1. The van der Waals surface area contributed by atoms with Crippen LogP contribution in [-0.2, 0) is 5.72 Å². The van der Waals surface area contributed by atoms with Crippen LogP contribution in [0.25, 0.3) is 0 Å². The summed E-state index contributed by atoms with van der Waals surface area (Å²) in [6.07, 6.45) is 0. The number of hydrogen-bond donors (Lipinski definition) is 1. The minimum Gasteiger partial charge on any atom is -0.365 e. The molecule has 0 saturated carbocycles. The fraction of sp³-hybridized carbons (Fsp3) is 0.136. The van der Waals surface area contributed by atoms with Gasteiger partial charge in [0.1, 0.15) is 0 Å². The monoisotopic (exact) mass is 534 g/mol. The van der Waals surface area contributed by atoms with E-state index in [1.807, 2.05) is 43.3 Å². The standard InChI is InChI=1S/C22H17Br2ClN2O2/c1-14-22(29,15-3-2-4-18(25)13-15)27(20-11-7-17(24)8-12-20)21(28)26(14)19-9-5-16(23)6-10-19/h2-14,29H,1H3/t14-,22?/m1/s1. The van der Waals surface area contributed by atoms with Gasteiger partial charge in [-0.25, -0.2) is 4.79 Å². The Morgan fingerprint density at radius 1 is 0.931 bits per heavy atom. The molecule has 1 saturated heterocycles. The Bertz CT molecular complexity index is 1060. The van der Waals surface area contributed by atoms with Crippen molar-refractivity contribution in [3.63, 3.8) is 0 Å². The average molecular weight is 537 g/mol. The van der Waals surface area contributed by atoms with Crippen molar-refractivity contribution in [2.45, 2.75) is 18.7 Å². The number of amides is 2. The first-order chi connectivity index (χ1) is 13.8. The van der Waals surface area contributed by atoms with Crippen molar-refractivity contribution in [3.8, 4) is 0 Å². The molecule has 4 rings (SSSR count). The number of nitrogens with zero attached hydrogens (tertiary/aromatic N) is 2. The molecule has 1 aliphatic rings. The number of rotatable bonds is 3. The Morgan fingerprint density at radius 2 is 1.48 bits per heavy atom. The lowest BCUT2D eigenvalue weighted by Gasteiger charge is -2.35. The Kier molecular flexibility index (Phi) is 5.46. The zero-order valence-electron chi connectivity index (χ0n) is 15.4. The zero-order valence-corrected chi connectivity index (χ0v) is 19.3. The summed E-state index contributed by atoms with van der Waals surface area (Å²) < 4.78 is 1.80. The van der Waals surface area contributed by atoms with E-state index in [1.165, 1.54) is 4.90 Å². The van der Waals surface area contributed by atoms with Gasteiger partial charge in [0.15, 0.2) is 5.72 Å². The van der Waals surface area contributed by atoms with E-state index in [9.17, 15) is 9.90 Å². The van der Waals surface area contributed by atoms with Crippen molar-refractivity contribution in [1.29, 1.82) is 0 Å². The van der Waals surface area contributed by atoms with Crippen LogP contribution < -0.4 is 9.80 Å². The molecule has 7 heteroatoms. The van der Waals surface area contributed by atoms with Gasteiger partial charge >= 0.3 is 6.03 Å². The Morgan fingerprint density at radius 3 is 2.03 bits per heavy atom. The van der Waals surface area contributed by atoms with E-state index in [-0.39, 0.29) is 6.03 Å². The van der Waals surface area contributed by atoms with E-state index >= 15 is 0 Å². The van der Waals surface area contributed by atoms with Crippen LogP contribution in [0.5, 0.6) is 0 Å². The van der Waals surface area contributed by atoms with Crippen molar-refractivity contribution in [2.24, 2.45) is 0 Å². The molecule has 1 N–H and O–H groups in total. The Balaban J connectivity index is 1.90. The Hall–Kier alpha value is -1.86. The molecule has 1 aliphatic heterocycles. The molecule has 3 aromatic carbocycles. The average Bonchev–Trinajstić information content (AvgIpc) is 2.90. The number of halogens is 3. The number of anilines is 2. The van der Waals surface area contributed by atoms with Crippen molar-refractivity contribution in [2.75, 3.05) is 9.80 Å². The second-order valence-corrected chi connectivity index (χ2v) is 9.12. The summed E-state index contributed by atoms with van der Waals surface area (Å²) in [4.78, 5) is 16.6. The number of benzene rings is 3. The highest BCUT2D eigenvalue weighted by Crippen LogP contribution is 2.45. The van der Waals surface area contributed by atoms with E-state index in [2.05, 4.69) is 31.9 Å². The molecule has 2 atom stereocenters. The van der Waals surface area contributed by atoms with Crippen LogP contribution in [0.15, 0.2) is 81.7 Å². The van der Waals surface area contributed by atoms with Gasteiger partial charge in [-0.1, -0.05) is 55.6 Å². The summed E-state index contributed by atoms with van der Waals surface area (Å²) in [5.74, 6) is 0. The third-order valence-corrected chi connectivity index (χ3v) is 6.44. The minimum absolute atomic E-state index is 0.315. The normalized spacial score (nSPS) is 21.7. The van der Waals surface area contributed by atoms with Gasteiger partial charge in [0.25, 0.3) is 0 Å². The molecule has 1 fully saturated rings. The third kappa shape index (κ3) is 3.48. The van der Waals surface area contributed by atoms with Crippen LogP contribution in [0, 0.1) is 0 Å². The lowest BCUT2D eigenvalue weighted by molar-refractivity contribution is 0.0372. The molecule has 0 aromatic heterocycles. The molecule has 3 aromatic rings. The van der Waals surface area contributed by atoms with Crippen LogP contribution in [0.1, 0.15) is 12.5 Å². The second kappa shape index (κ2) is 7.76. The molecule has 0 bridgehead atoms. The van der Waals surface area contributed by atoms with E-state index < -0.39 is 11.8 Å². The molecule has 0 radical (unpaired) electrons. The lowest BCUT2D eigenvalue weighted by atomic mass is 9.94. The Labute approximate surface area is 191 Å². The van der Waals surface area contributed by atoms with Crippen molar-refractivity contribution >= 4 is 60.9 Å². The van der Waals surface area contributed by atoms with Gasteiger partial charge in [0, 0.05) is 30.9 Å². The quantitative estimate of drug-likeness (QED) is 0.413. The molecule has 29 heavy (non-hydrogen) atoms. The van der Waals surface area contributed by atoms with Crippen LogP contribution in [0.4, 0.5) is 16.2 Å². The number of carbonyl (C=O) groups excluding carboxylic acids is 1. The second-order valence-electron chi connectivity index (χ2n) is 6.85. The zero-order chi connectivity index (χ0) is 20.8. The lowest BCUT2D eigenvalue weighted by Crippen LogP contribution is -2.48. The molecule has 1 unspecified atom stereocenters. The first kappa shape index (κ1) is 20.4. The summed E-state index contributed by atoms with van der Waals surface area (Å²) in [7, 11) is 0. The molecule has 148 valence electrons. The van der Waals surface area contributed by atoms with Crippen molar-refractivity contribution in [1.82, 2.24) is 0 Å². The molecule has 0 aliphatic carbocycles. The van der Waals surface area contributed by atoms with Crippen molar-refractivity contribution in [3.05, 3.63) is 92.3 Å². The third-order valence-electron chi connectivity index (χ3n) is 5.15. The smallest absolute Gasteiger partial charge is 0.332 e. The molecule has 0 spiro atoms. The van der Waals surface area contributed by atoms with Crippen LogP contribution in [0.2, 0.25) is 5.02 Å². The van der Waals surface area contributed by atoms with Crippen molar-refractivity contribution < 1.29 is 9.90 Å². The largest absolute Gasteiger partial charge is 0.365 e.